The van der Waals surface area contributed by atoms with Gasteiger partial charge in [-0.2, -0.15) is 0 Å². The van der Waals surface area contributed by atoms with Gasteiger partial charge in [-0.1, -0.05) is 18.2 Å². The van der Waals surface area contributed by atoms with Crippen LogP contribution in [-0.4, -0.2) is 36.0 Å². The van der Waals surface area contributed by atoms with E-state index in [0.717, 1.165) is 31.4 Å². The second-order valence-electron chi connectivity index (χ2n) is 5.84. The molecule has 1 aliphatic heterocycles. The van der Waals surface area contributed by atoms with E-state index in [1.54, 1.807) is 0 Å². The van der Waals surface area contributed by atoms with E-state index in [0.29, 0.717) is 19.1 Å². The molecule has 1 aromatic rings. The summed E-state index contributed by atoms with van der Waals surface area (Å²) in [6.07, 6.45) is 3.66. The van der Waals surface area contributed by atoms with Gasteiger partial charge in [0.25, 0.3) is 0 Å². The van der Waals surface area contributed by atoms with Crippen molar-refractivity contribution in [3.63, 3.8) is 0 Å². The molecule has 0 radical (unpaired) electrons. The maximum atomic E-state index is 12.2. The molecular formula is C16H21N3O2. The first-order valence-corrected chi connectivity index (χ1v) is 7.64. The monoisotopic (exact) mass is 287 g/mol. The van der Waals surface area contributed by atoms with Crippen LogP contribution in [0.25, 0.3) is 0 Å². The van der Waals surface area contributed by atoms with E-state index in [9.17, 15) is 9.59 Å². The lowest BCUT2D eigenvalue weighted by atomic mass is 9.96. The minimum absolute atomic E-state index is 0.00446. The van der Waals surface area contributed by atoms with E-state index in [-0.39, 0.29) is 17.9 Å². The number of nitrogens with one attached hydrogen (secondary N) is 2. The SMILES string of the molecule is O=C(Nc1ccccc1)C1CCN(C(=O)NC2CC2)CC1. The Balaban J connectivity index is 1.46. The fourth-order valence-electron chi connectivity index (χ4n) is 2.60. The van der Waals surface area contributed by atoms with Gasteiger partial charge in [0.1, 0.15) is 0 Å². The highest BCUT2D eigenvalue weighted by Gasteiger charge is 2.30. The minimum atomic E-state index is -0.00446. The van der Waals surface area contributed by atoms with Crippen molar-refractivity contribution < 1.29 is 9.59 Å². The Hall–Kier alpha value is -2.04. The van der Waals surface area contributed by atoms with E-state index < -0.39 is 0 Å². The fourth-order valence-corrected chi connectivity index (χ4v) is 2.60. The molecular weight excluding hydrogens is 266 g/mol. The summed E-state index contributed by atoms with van der Waals surface area (Å²) in [5, 5.41) is 5.93. The molecule has 1 heterocycles. The molecule has 2 fully saturated rings. The van der Waals surface area contributed by atoms with Crippen LogP contribution >= 0.6 is 0 Å². The van der Waals surface area contributed by atoms with Gasteiger partial charge in [0, 0.05) is 30.7 Å². The largest absolute Gasteiger partial charge is 0.335 e. The number of piperidine rings is 1. The Bertz CT molecular complexity index is 506. The molecule has 0 aromatic heterocycles. The Morgan fingerprint density at radius 1 is 1.00 bits per heavy atom. The lowest BCUT2D eigenvalue weighted by Crippen LogP contribution is -2.46. The zero-order valence-corrected chi connectivity index (χ0v) is 12.0. The number of nitrogens with zero attached hydrogens (tertiary/aromatic N) is 1. The summed E-state index contributed by atoms with van der Waals surface area (Å²) in [4.78, 5) is 26.0. The van der Waals surface area contributed by atoms with Gasteiger partial charge in [-0.05, 0) is 37.8 Å². The Kier molecular flexibility index (Phi) is 4.08. The van der Waals surface area contributed by atoms with Crippen molar-refractivity contribution in [1.29, 1.82) is 0 Å². The lowest BCUT2D eigenvalue weighted by Gasteiger charge is -2.31. The summed E-state index contributed by atoms with van der Waals surface area (Å²) in [6.45, 7) is 1.32. The second-order valence-corrected chi connectivity index (χ2v) is 5.84. The van der Waals surface area contributed by atoms with Gasteiger partial charge in [-0.3, -0.25) is 4.79 Å². The van der Waals surface area contributed by atoms with Crippen molar-refractivity contribution in [2.45, 2.75) is 31.7 Å². The summed E-state index contributed by atoms with van der Waals surface area (Å²) in [5.41, 5.74) is 0.830. The highest BCUT2D eigenvalue weighted by atomic mass is 16.2. The number of likely N-dealkylation sites (tertiary alicyclic amines) is 1. The van der Waals surface area contributed by atoms with E-state index in [4.69, 9.17) is 0 Å². The molecule has 1 aromatic carbocycles. The van der Waals surface area contributed by atoms with Gasteiger partial charge in [-0.15, -0.1) is 0 Å². The number of amides is 3. The molecule has 1 saturated carbocycles. The average Bonchev–Trinajstić information content (AvgIpc) is 3.32. The quantitative estimate of drug-likeness (QED) is 0.895. The van der Waals surface area contributed by atoms with Crippen molar-refractivity contribution in [2.75, 3.05) is 18.4 Å². The first kappa shape index (κ1) is 13.9. The zero-order valence-electron chi connectivity index (χ0n) is 12.0. The molecule has 0 bridgehead atoms. The van der Waals surface area contributed by atoms with E-state index in [2.05, 4.69) is 10.6 Å². The predicted octanol–water partition coefficient (Wildman–Crippen LogP) is 2.21. The van der Waals surface area contributed by atoms with Crippen LogP contribution in [0, 0.1) is 5.92 Å². The molecule has 3 rings (SSSR count). The van der Waals surface area contributed by atoms with Crippen LogP contribution in [-0.2, 0) is 4.79 Å². The third-order valence-electron chi connectivity index (χ3n) is 4.10. The number of rotatable bonds is 3. The van der Waals surface area contributed by atoms with Gasteiger partial charge in [-0.25, -0.2) is 4.79 Å². The third-order valence-corrected chi connectivity index (χ3v) is 4.10. The minimum Gasteiger partial charge on any atom is -0.335 e. The number of para-hydroxylation sites is 1. The molecule has 1 saturated heterocycles. The van der Waals surface area contributed by atoms with E-state index in [1.165, 1.54) is 0 Å². The summed E-state index contributed by atoms with van der Waals surface area (Å²) >= 11 is 0. The lowest BCUT2D eigenvalue weighted by molar-refractivity contribution is -0.121. The maximum Gasteiger partial charge on any atom is 0.317 e. The van der Waals surface area contributed by atoms with Crippen LogP contribution in [0.3, 0.4) is 0 Å². The van der Waals surface area contributed by atoms with Crippen LogP contribution in [0.5, 0.6) is 0 Å². The van der Waals surface area contributed by atoms with Crippen LogP contribution in [0.4, 0.5) is 10.5 Å². The predicted molar refractivity (Wildman–Crippen MR) is 80.9 cm³/mol. The van der Waals surface area contributed by atoms with Gasteiger partial charge < -0.3 is 15.5 Å². The van der Waals surface area contributed by atoms with Gasteiger partial charge >= 0.3 is 6.03 Å². The van der Waals surface area contributed by atoms with Gasteiger partial charge in [0.15, 0.2) is 0 Å². The van der Waals surface area contributed by atoms with Crippen molar-refractivity contribution in [3.05, 3.63) is 30.3 Å². The molecule has 5 heteroatoms. The number of carbonyl (C=O) groups excluding carboxylic acids is 2. The summed E-state index contributed by atoms with van der Waals surface area (Å²) in [5.74, 6) is 0.0543. The fraction of sp³-hybridized carbons (Fsp3) is 0.500. The molecule has 112 valence electrons. The van der Waals surface area contributed by atoms with Crippen molar-refractivity contribution in [2.24, 2.45) is 5.92 Å². The average molecular weight is 287 g/mol. The van der Waals surface area contributed by atoms with Gasteiger partial charge in [0.2, 0.25) is 5.91 Å². The molecule has 3 amide bonds. The number of hydrogen-bond donors (Lipinski definition) is 2. The van der Waals surface area contributed by atoms with Crippen LogP contribution in [0.1, 0.15) is 25.7 Å². The number of urea groups is 1. The van der Waals surface area contributed by atoms with Crippen molar-refractivity contribution in [3.8, 4) is 0 Å². The molecule has 1 aliphatic carbocycles. The first-order chi connectivity index (χ1) is 10.2. The van der Waals surface area contributed by atoms with Crippen molar-refractivity contribution in [1.82, 2.24) is 10.2 Å². The van der Waals surface area contributed by atoms with Crippen molar-refractivity contribution >= 4 is 17.6 Å². The smallest absolute Gasteiger partial charge is 0.317 e. The third kappa shape index (κ3) is 3.74. The topological polar surface area (TPSA) is 61.4 Å². The Morgan fingerprint density at radius 3 is 2.29 bits per heavy atom. The second kappa shape index (κ2) is 6.16. The Morgan fingerprint density at radius 2 is 1.67 bits per heavy atom. The Labute approximate surface area is 124 Å². The zero-order chi connectivity index (χ0) is 14.7. The van der Waals surface area contributed by atoms with Gasteiger partial charge in [0.05, 0.1) is 0 Å². The normalized spacial score (nSPS) is 19.1. The number of anilines is 1. The van der Waals surface area contributed by atoms with Crippen LogP contribution in [0.15, 0.2) is 30.3 Å². The molecule has 0 spiro atoms. The van der Waals surface area contributed by atoms with Crippen LogP contribution < -0.4 is 10.6 Å². The number of carbonyl (C=O) groups is 2. The molecule has 0 atom stereocenters. The number of benzene rings is 1. The molecule has 21 heavy (non-hydrogen) atoms. The molecule has 2 N–H and O–H groups in total. The standard InChI is InChI=1S/C16H21N3O2/c20-15(17-13-4-2-1-3-5-13)12-8-10-19(11-9-12)16(21)18-14-6-7-14/h1-5,12,14H,6-11H2,(H,17,20)(H,18,21). The van der Waals surface area contributed by atoms with Crippen LogP contribution in [0.2, 0.25) is 0 Å². The summed E-state index contributed by atoms with van der Waals surface area (Å²) in [7, 11) is 0. The molecule has 0 unspecified atom stereocenters. The summed E-state index contributed by atoms with van der Waals surface area (Å²) < 4.78 is 0. The maximum absolute atomic E-state index is 12.2. The molecule has 5 nitrogen and oxygen atoms in total. The van der Waals surface area contributed by atoms with E-state index >= 15 is 0 Å². The molecule has 2 aliphatic rings. The highest BCUT2D eigenvalue weighted by molar-refractivity contribution is 5.92. The highest BCUT2D eigenvalue weighted by Crippen LogP contribution is 2.22. The van der Waals surface area contributed by atoms with E-state index in [1.807, 2.05) is 35.2 Å². The first-order valence-electron chi connectivity index (χ1n) is 7.64. The number of hydrogen-bond acceptors (Lipinski definition) is 2. The summed E-state index contributed by atoms with van der Waals surface area (Å²) in [6, 6.07) is 9.91.